The van der Waals surface area contributed by atoms with Crippen LogP contribution >= 0.6 is 11.5 Å². The molecular formula is C14H12N4O3S. The Bertz CT molecular complexity index is 769. The smallest absolute Gasteiger partial charge is 0.279 e. The highest BCUT2D eigenvalue weighted by atomic mass is 32.1. The van der Waals surface area contributed by atoms with Gasteiger partial charge < -0.3 is 9.26 Å². The lowest BCUT2D eigenvalue weighted by atomic mass is 10.2. The van der Waals surface area contributed by atoms with E-state index in [0.29, 0.717) is 16.7 Å². The van der Waals surface area contributed by atoms with Crippen molar-refractivity contribution in [3.63, 3.8) is 0 Å². The van der Waals surface area contributed by atoms with Crippen molar-refractivity contribution in [3.8, 4) is 11.4 Å². The van der Waals surface area contributed by atoms with E-state index in [1.807, 2.05) is 30.3 Å². The lowest BCUT2D eigenvalue weighted by Crippen LogP contribution is -2.11. The van der Waals surface area contributed by atoms with Crippen molar-refractivity contribution in [2.75, 3.05) is 12.4 Å². The number of carbonyl (C=O) groups is 1. The van der Waals surface area contributed by atoms with Crippen LogP contribution in [-0.4, -0.2) is 27.5 Å². The molecule has 0 saturated heterocycles. The molecular weight excluding hydrogens is 304 g/mol. The van der Waals surface area contributed by atoms with E-state index in [9.17, 15) is 4.79 Å². The average Bonchev–Trinajstić information content (AvgIpc) is 3.18. The molecule has 0 saturated carbocycles. The lowest BCUT2D eigenvalue weighted by Gasteiger charge is -1.95. The minimum absolute atomic E-state index is 0.170. The number of methoxy groups -OCH3 is 1. The highest BCUT2D eigenvalue weighted by Crippen LogP contribution is 2.21. The Morgan fingerprint density at radius 1 is 1.36 bits per heavy atom. The second kappa shape index (κ2) is 6.46. The third kappa shape index (κ3) is 3.18. The summed E-state index contributed by atoms with van der Waals surface area (Å²) in [5.74, 6) is 0.651. The van der Waals surface area contributed by atoms with E-state index in [0.717, 1.165) is 17.1 Å². The van der Waals surface area contributed by atoms with Crippen LogP contribution in [-0.2, 0) is 11.3 Å². The minimum atomic E-state index is -0.401. The largest absolute Gasteiger partial charge is 0.377 e. The Morgan fingerprint density at radius 2 is 2.18 bits per heavy atom. The number of anilines is 1. The van der Waals surface area contributed by atoms with Gasteiger partial charge >= 0.3 is 0 Å². The summed E-state index contributed by atoms with van der Waals surface area (Å²) in [6.45, 7) is 0.261. The van der Waals surface area contributed by atoms with Gasteiger partial charge in [0.2, 0.25) is 5.13 Å². The molecule has 3 rings (SSSR count). The lowest BCUT2D eigenvalue weighted by molar-refractivity contribution is 0.101. The van der Waals surface area contributed by atoms with Crippen LogP contribution in [0.3, 0.4) is 0 Å². The van der Waals surface area contributed by atoms with Crippen molar-refractivity contribution in [2.45, 2.75) is 6.61 Å². The van der Waals surface area contributed by atoms with E-state index in [-0.39, 0.29) is 12.3 Å². The molecule has 0 aliphatic heterocycles. The Labute approximate surface area is 130 Å². The van der Waals surface area contributed by atoms with E-state index in [1.165, 1.54) is 13.2 Å². The first-order valence-corrected chi connectivity index (χ1v) is 7.18. The van der Waals surface area contributed by atoms with Gasteiger partial charge in [-0.1, -0.05) is 35.5 Å². The maximum atomic E-state index is 12.0. The molecule has 7 nitrogen and oxygen atoms in total. The SMILES string of the molecule is COCc1cc(C(=O)Nc2nc(-c3ccccc3)ns2)no1. The van der Waals surface area contributed by atoms with Gasteiger partial charge in [-0.25, -0.2) is 0 Å². The average molecular weight is 316 g/mol. The third-order valence-electron chi connectivity index (χ3n) is 2.76. The number of nitrogens with zero attached hydrogens (tertiary/aromatic N) is 3. The van der Waals surface area contributed by atoms with Crippen LogP contribution in [0.1, 0.15) is 16.2 Å². The topological polar surface area (TPSA) is 90.1 Å². The molecule has 0 unspecified atom stereocenters. The van der Waals surface area contributed by atoms with Crippen molar-refractivity contribution >= 4 is 22.6 Å². The molecule has 0 aliphatic carbocycles. The number of amides is 1. The number of carbonyl (C=O) groups excluding carboxylic acids is 1. The summed E-state index contributed by atoms with van der Waals surface area (Å²) in [7, 11) is 1.54. The van der Waals surface area contributed by atoms with E-state index in [4.69, 9.17) is 9.26 Å². The zero-order valence-corrected chi connectivity index (χ0v) is 12.5. The summed E-state index contributed by atoms with van der Waals surface area (Å²) in [6.07, 6.45) is 0. The van der Waals surface area contributed by atoms with Gasteiger partial charge in [0.15, 0.2) is 17.3 Å². The van der Waals surface area contributed by atoms with Gasteiger partial charge in [0, 0.05) is 30.3 Å². The number of benzene rings is 1. The standard InChI is InChI=1S/C14H12N4O3S/c1-20-8-10-7-11(17-21-10)13(19)16-14-15-12(18-22-14)9-5-3-2-4-6-9/h2-7H,8H2,1H3,(H,15,16,18,19). The molecule has 0 aliphatic rings. The molecule has 1 amide bonds. The molecule has 0 fully saturated rings. The summed E-state index contributed by atoms with van der Waals surface area (Å²) in [5.41, 5.74) is 1.06. The number of hydrogen-bond acceptors (Lipinski definition) is 7. The van der Waals surface area contributed by atoms with Crippen LogP contribution in [0.4, 0.5) is 5.13 Å². The van der Waals surface area contributed by atoms with E-state index >= 15 is 0 Å². The molecule has 3 aromatic rings. The number of rotatable bonds is 5. The van der Waals surface area contributed by atoms with Crippen molar-refractivity contribution < 1.29 is 14.1 Å². The first kappa shape index (κ1) is 14.4. The van der Waals surface area contributed by atoms with Gasteiger partial charge in [0.05, 0.1) is 0 Å². The zero-order valence-electron chi connectivity index (χ0n) is 11.6. The van der Waals surface area contributed by atoms with Gasteiger partial charge in [0.1, 0.15) is 6.61 Å². The Morgan fingerprint density at radius 3 is 2.95 bits per heavy atom. The second-order valence-electron chi connectivity index (χ2n) is 4.35. The zero-order chi connectivity index (χ0) is 15.4. The fourth-order valence-electron chi connectivity index (χ4n) is 1.77. The Balaban J connectivity index is 1.70. The van der Waals surface area contributed by atoms with Gasteiger partial charge in [-0.3, -0.25) is 10.1 Å². The maximum absolute atomic E-state index is 12.0. The summed E-state index contributed by atoms with van der Waals surface area (Å²) in [5, 5.41) is 6.73. The molecule has 0 radical (unpaired) electrons. The molecule has 0 bridgehead atoms. The molecule has 1 N–H and O–H groups in total. The third-order valence-corrected chi connectivity index (χ3v) is 3.39. The predicted molar refractivity (Wildman–Crippen MR) is 80.5 cm³/mol. The van der Waals surface area contributed by atoms with Crippen LogP contribution in [0.15, 0.2) is 40.9 Å². The van der Waals surface area contributed by atoms with Crippen LogP contribution in [0, 0.1) is 0 Å². The van der Waals surface area contributed by atoms with E-state index in [1.54, 1.807) is 0 Å². The van der Waals surface area contributed by atoms with Gasteiger partial charge in [-0.2, -0.15) is 9.36 Å². The van der Waals surface area contributed by atoms with Crippen LogP contribution in [0.25, 0.3) is 11.4 Å². The minimum Gasteiger partial charge on any atom is -0.377 e. The van der Waals surface area contributed by atoms with E-state index in [2.05, 4.69) is 19.8 Å². The van der Waals surface area contributed by atoms with Crippen molar-refractivity contribution in [3.05, 3.63) is 47.9 Å². The maximum Gasteiger partial charge on any atom is 0.279 e. The van der Waals surface area contributed by atoms with Crippen molar-refractivity contribution in [1.29, 1.82) is 0 Å². The van der Waals surface area contributed by atoms with E-state index < -0.39 is 5.91 Å². The molecule has 2 aromatic heterocycles. The summed E-state index contributed by atoms with van der Waals surface area (Å²) < 4.78 is 14.1. The number of hydrogen-bond donors (Lipinski definition) is 1. The molecule has 0 spiro atoms. The first-order valence-electron chi connectivity index (χ1n) is 6.41. The summed E-state index contributed by atoms with van der Waals surface area (Å²) >= 11 is 1.11. The van der Waals surface area contributed by atoms with Gasteiger partial charge in [-0.05, 0) is 0 Å². The van der Waals surface area contributed by atoms with Crippen molar-refractivity contribution in [2.24, 2.45) is 0 Å². The number of nitrogens with one attached hydrogen (secondary N) is 1. The summed E-state index contributed by atoms with van der Waals surface area (Å²) in [6, 6.07) is 11.1. The second-order valence-corrected chi connectivity index (χ2v) is 5.11. The van der Waals surface area contributed by atoms with Crippen LogP contribution in [0.2, 0.25) is 0 Å². The van der Waals surface area contributed by atoms with Gasteiger partial charge in [0.25, 0.3) is 5.91 Å². The molecule has 112 valence electrons. The van der Waals surface area contributed by atoms with Gasteiger partial charge in [-0.15, -0.1) is 0 Å². The fourth-order valence-corrected chi connectivity index (χ4v) is 2.35. The first-order chi connectivity index (χ1) is 10.8. The number of ether oxygens (including phenoxy) is 1. The molecule has 0 atom stereocenters. The molecule has 1 aromatic carbocycles. The molecule has 2 heterocycles. The van der Waals surface area contributed by atoms with Crippen LogP contribution in [0.5, 0.6) is 0 Å². The fraction of sp³-hybridized carbons (Fsp3) is 0.143. The van der Waals surface area contributed by atoms with Crippen molar-refractivity contribution in [1.82, 2.24) is 14.5 Å². The molecule has 22 heavy (non-hydrogen) atoms. The van der Waals surface area contributed by atoms with Crippen LogP contribution < -0.4 is 5.32 Å². The highest BCUT2D eigenvalue weighted by Gasteiger charge is 2.15. The Hall–Kier alpha value is -2.58. The highest BCUT2D eigenvalue weighted by molar-refractivity contribution is 7.10. The monoisotopic (exact) mass is 316 g/mol. The Kier molecular flexibility index (Phi) is 4.22. The number of aromatic nitrogens is 3. The normalized spacial score (nSPS) is 10.6. The quantitative estimate of drug-likeness (QED) is 0.778. The summed E-state index contributed by atoms with van der Waals surface area (Å²) in [4.78, 5) is 16.3. The predicted octanol–water partition coefficient (Wildman–Crippen LogP) is 2.59. The molecule has 8 heteroatoms.